The standard InChI is InChI=1S/C20H22BrFN2O/c1-23(2)11-12-24(3)18-6-4-5-16(13-18)20(25)10-8-15-7-9-17(21)14-19(15)22/h4-10,13-14H,11-12H2,1-3H3/b10-8+. The van der Waals surface area contributed by atoms with Crippen molar-refractivity contribution in [3.63, 3.8) is 0 Å². The van der Waals surface area contributed by atoms with Crippen molar-refractivity contribution in [2.75, 3.05) is 39.1 Å². The molecule has 0 saturated carbocycles. The second-order valence-electron chi connectivity index (χ2n) is 6.14. The Hall–Kier alpha value is -1.98. The van der Waals surface area contributed by atoms with E-state index in [0.29, 0.717) is 15.6 Å². The molecule has 132 valence electrons. The van der Waals surface area contributed by atoms with Crippen LogP contribution in [0.2, 0.25) is 0 Å². The molecule has 0 saturated heterocycles. The van der Waals surface area contributed by atoms with E-state index in [1.807, 2.05) is 39.3 Å². The summed E-state index contributed by atoms with van der Waals surface area (Å²) in [5.41, 5.74) is 1.95. The highest BCUT2D eigenvalue weighted by molar-refractivity contribution is 9.10. The summed E-state index contributed by atoms with van der Waals surface area (Å²) >= 11 is 3.22. The summed E-state index contributed by atoms with van der Waals surface area (Å²) < 4.78 is 14.5. The average Bonchev–Trinajstić information content (AvgIpc) is 2.58. The highest BCUT2D eigenvalue weighted by Crippen LogP contribution is 2.18. The molecule has 0 aliphatic heterocycles. The van der Waals surface area contributed by atoms with E-state index in [9.17, 15) is 9.18 Å². The first kappa shape index (κ1) is 19.3. The van der Waals surface area contributed by atoms with Crippen LogP contribution in [0.25, 0.3) is 6.08 Å². The van der Waals surface area contributed by atoms with E-state index in [-0.39, 0.29) is 11.6 Å². The summed E-state index contributed by atoms with van der Waals surface area (Å²) in [5.74, 6) is -0.513. The second kappa shape index (κ2) is 8.92. The molecule has 3 nitrogen and oxygen atoms in total. The summed E-state index contributed by atoms with van der Waals surface area (Å²) in [7, 11) is 6.06. The topological polar surface area (TPSA) is 23.6 Å². The van der Waals surface area contributed by atoms with Crippen LogP contribution >= 0.6 is 15.9 Å². The molecule has 0 amide bonds. The average molecular weight is 405 g/mol. The van der Waals surface area contributed by atoms with Crippen molar-refractivity contribution in [1.29, 1.82) is 0 Å². The van der Waals surface area contributed by atoms with Gasteiger partial charge in [0.2, 0.25) is 0 Å². The maximum Gasteiger partial charge on any atom is 0.185 e. The van der Waals surface area contributed by atoms with Crippen LogP contribution in [0, 0.1) is 5.82 Å². The number of likely N-dealkylation sites (N-methyl/N-ethyl adjacent to an activating group) is 2. The molecule has 0 bridgehead atoms. The van der Waals surface area contributed by atoms with Crippen LogP contribution in [0.5, 0.6) is 0 Å². The lowest BCUT2D eigenvalue weighted by Gasteiger charge is -2.21. The molecule has 2 aromatic carbocycles. The van der Waals surface area contributed by atoms with Crippen LogP contribution in [-0.4, -0.2) is 44.9 Å². The predicted octanol–water partition coefficient (Wildman–Crippen LogP) is 4.48. The van der Waals surface area contributed by atoms with E-state index in [1.165, 1.54) is 18.2 Å². The Morgan fingerprint density at radius 1 is 1.12 bits per heavy atom. The fraction of sp³-hybridized carbons (Fsp3) is 0.250. The van der Waals surface area contributed by atoms with Gasteiger partial charge in [0.05, 0.1) is 0 Å². The minimum Gasteiger partial charge on any atom is -0.373 e. The summed E-state index contributed by atoms with van der Waals surface area (Å²) in [6, 6.07) is 12.2. The van der Waals surface area contributed by atoms with Gasteiger partial charge in [0.25, 0.3) is 0 Å². The van der Waals surface area contributed by atoms with Gasteiger partial charge in [0.15, 0.2) is 5.78 Å². The molecule has 0 fully saturated rings. The minimum absolute atomic E-state index is 0.148. The number of anilines is 1. The number of allylic oxidation sites excluding steroid dienone is 1. The fourth-order valence-corrected chi connectivity index (χ4v) is 2.61. The Morgan fingerprint density at radius 3 is 2.56 bits per heavy atom. The van der Waals surface area contributed by atoms with E-state index >= 15 is 0 Å². The highest BCUT2D eigenvalue weighted by atomic mass is 79.9. The predicted molar refractivity (Wildman–Crippen MR) is 106 cm³/mol. The number of rotatable bonds is 7. The number of carbonyl (C=O) groups is 1. The third-order valence-corrected chi connectivity index (χ3v) is 4.32. The Morgan fingerprint density at radius 2 is 1.88 bits per heavy atom. The zero-order chi connectivity index (χ0) is 18.4. The van der Waals surface area contributed by atoms with Crippen LogP contribution in [0.15, 0.2) is 53.0 Å². The summed E-state index contributed by atoms with van der Waals surface area (Å²) in [4.78, 5) is 16.6. The van der Waals surface area contributed by atoms with Crippen LogP contribution in [0.1, 0.15) is 15.9 Å². The summed E-state index contributed by atoms with van der Waals surface area (Å²) in [6.45, 7) is 1.79. The largest absolute Gasteiger partial charge is 0.373 e. The van der Waals surface area contributed by atoms with Crippen molar-refractivity contribution >= 4 is 33.5 Å². The molecule has 0 aliphatic carbocycles. The van der Waals surface area contributed by atoms with Crippen molar-refractivity contribution in [2.45, 2.75) is 0 Å². The Labute approximate surface area is 156 Å². The molecule has 0 spiro atoms. The van der Waals surface area contributed by atoms with Crippen molar-refractivity contribution in [1.82, 2.24) is 4.90 Å². The lowest BCUT2D eigenvalue weighted by atomic mass is 10.1. The van der Waals surface area contributed by atoms with Gasteiger partial charge in [-0.25, -0.2) is 4.39 Å². The maximum absolute atomic E-state index is 13.8. The SMILES string of the molecule is CN(C)CCN(C)c1cccc(C(=O)/C=C/c2ccc(Br)cc2F)c1. The number of ketones is 1. The van der Waals surface area contributed by atoms with Crippen molar-refractivity contribution < 1.29 is 9.18 Å². The summed E-state index contributed by atoms with van der Waals surface area (Å²) in [6.07, 6.45) is 2.91. The quantitative estimate of drug-likeness (QED) is 0.501. The normalized spacial score (nSPS) is 11.3. The van der Waals surface area contributed by atoms with E-state index in [1.54, 1.807) is 18.2 Å². The molecule has 0 aromatic heterocycles. The van der Waals surface area contributed by atoms with Gasteiger partial charge in [-0.1, -0.05) is 34.1 Å². The molecule has 5 heteroatoms. The Bertz CT molecular complexity index is 774. The maximum atomic E-state index is 13.8. The first-order valence-electron chi connectivity index (χ1n) is 8.00. The lowest BCUT2D eigenvalue weighted by Crippen LogP contribution is -2.28. The molecule has 0 unspecified atom stereocenters. The molecule has 0 heterocycles. The van der Waals surface area contributed by atoms with Gasteiger partial charge in [0, 0.05) is 41.4 Å². The van der Waals surface area contributed by atoms with E-state index in [4.69, 9.17) is 0 Å². The highest BCUT2D eigenvalue weighted by Gasteiger charge is 2.07. The number of benzene rings is 2. The van der Waals surface area contributed by atoms with Gasteiger partial charge >= 0.3 is 0 Å². The number of nitrogens with zero attached hydrogens (tertiary/aromatic N) is 2. The third-order valence-electron chi connectivity index (χ3n) is 3.83. The van der Waals surface area contributed by atoms with E-state index in [0.717, 1.165) is 18.8 Å². The smallest absolute Gasteiger partial charge is 0.185 e. The number of hydrogen-bond acceptors (Lipinski definition) is 3. The summed E-state index contributed by atoms with van der Waals surface area (Å²) in [5, 5.41) is 0. The first-order chi connectivity index (χ1) is 11.9. The van der Waals surface area contributed by atoms with Gasteiger partial charge in [0.1, 0.15) is 5.82 Å². The molecule has 25 heavy (non-hydrogen) atoms. The Balaban J connectivity index is 2.11. The van der Waals surface area contributed by atoms with Crippen molar-refractivity contribution in [3.05, 3.63) is 70.0 Å². The van der Waals surface area contributed by atoms with Gasteiger partial charge in [-0.2, -0.15) is 0 Å². The fourth-order valence-electron chi connectivity index (χ4n) is 2.27. The number of carbonyl (C=O) groups excluding carboxylic acids is 1. The molecule has 2 aromatic rings. The molecule has 0 radical (unpaired) electrons. The molecule has 0 N–H and O–H groups in total. The number of hydrogen-bond donors (Lipinski definition) is 0. The van der Waals surface area contributed by atoms with E-state index in [2.05, 4.69) is 25.7 Å². The van der Waals surface area contributed by atoms with Gasteiger partial charge in [-0.05, 0) is 50.5 Å². The van der Waals surface area contributed by atoms with Crippen LogP contribution in [0.4, 0.5) is 10.1 Å². The molecule has 2 rings (SSSR count). The van der Waals surface area contributed by atoms with Crippen LogP contribution < -0.4 is 4.90 Å². The lowest BCUT2D eigenvalue weighted by molar-refractivity contribution is 0.104. The zero-order valence-electron chi connectivity index (χ0n) is 14.7. The second-order valence-corrected chi connectivity index (χ2v) is 7.05. The number of halogens is 2. The monoisotopic (exact) mass is 404 g/mol. The van der Waals surface area contributed by atoms with E-state index < -0.39 is 0 Å². The van der Waals surface area contributed by atoms with Gasteiger partial charge in [-0.15, -0.1) is 0 Å². The molecular weight excluding hydrogens is 383 g/mol. The van der Waals surface area contributed by atoms with Gasteiger partial charge in [-0.3, -0.25) is 4.79 Å². The Kier molecular flexibility index (Phi) is 6.91. The minimum atomic E-state index is -0.365. The van der Waals surface area contributed by atoms with Crippen LogP contribution in [-0.2, 0) is 0 Å². The van der Waals surface area contributed by atoms with Crippen LogP contribution in [0.3, 0.4) is 0 Å². The molecule has 0 aliphatic rings. The van der Waals surface area contributed by atoms with Gasteiger partial charge < -0.3 is 9.80 Å². The molecular formula is C20H22BrFN2O. The van der Waals surface area contributed by atoms with Crippen molar-refractivity contribution in [2.24, 2.45) is 0 Å². The molecule has 0 atom stereocenters. The third kappa shape index (κ3) is 5.80. The first-order valence-corrected chi connectivity index (χ1v) is 8.79. The van der Waals surface area contributed by atoms with Crippen molar-refractivity contribution in [3.8, 4) is 0 Å². The zero-order valence-corrected chi connectivity index (χ0v) is 16.3.